The van der Waals surface area contributed by atoms with E-state index in [0.717, 1.165) is 38.9 Å². The van der Waals surface area contributed by atoms with Crippen molar-refractivity contribution in [3.8, 4) is 11.3 Å². The number of furan rings is 1. The van der Waals surface area contributed by atoms with Crippen LogP contribution >= 0.6 is 0 Å². The van der Waals surface area contributed by atoms with Crippen LogP contribution in [0, 0.1) is 5.92 Å². The minimum Gasteiger partial charge on any atom is -0.437 e. The van der Waals surface area contributed by atoms with Crippen molar-refractivity contribution in [1.82, 2.24) is 9.97 Å². The number of hydrogen-bond acceptors (Lipinski definition) is 3. The lowest BCUT2D eigenvalue weighted by atomic mass is 9.45. The Labute approximate surface area is 183 Å². The predicted molar refractivity (Wildman–Crippen MR) is 133 cm³/mol. The maximum atomic E-state index is 6.32. The zero-order chi connectivity index (χ0) is 21.0. The molecule has 5 heteroatoms. The number of benzene rings is 2. The molecule has 0 atom stereocenters. The van der Waals surface area contributed by atoms with Crippen LogP contribution in [0.25, 0.3) is 44.1 Å². The van der Waals surface area contributed by atoms with Crippen LogP contribution in [0.3, 0.4) is 0 Å². The van der Waals surface area contributed by atoms with Gasteiger partial charge in [0.25, 0.3) is 0 Å². The van der Waals surface area contributed by atoms with Gasteiger partial charge >= 0.3 is 0 Å². The van der Waals surface area contributed by atoms with E-state index in [4.69, 9.17) is 9.40 Å². The number of aromatic nitrogens is 2. The van der Waals surface area contributed by atoms with E-state index in [-0.39, 0.29) is 5.21 Å². The maximum Gasteiger partial charge on any atom is 0.227 e. The number of fused-ring (bicyclic) bond motifs is 5. The Kier molecular flexibility index (Phi) is 4.21. The van der Waals surface area contributed by atoms with Gasteiger partial charge in [-0.1, -0.05) is 72.9 Å². The summed E-state index contributed by atoms with van der Waals surface area (Å²) in [5, 5.41) is 4.62. The summed E-state index contributed by atoms with van der Waals surface area (Å²) in [5.74, 6) is 0.736. The zero-order valence-corrected chi connectivity index (χ0v) is 18.1. The lowest BCUT2D eigenvalue weighted by molar-refractivity contribution is 0.486. The van der Waals surface area contributed by atoms with E-state index in [9.17, 15) is 0 Å². The largest absolute Gasteiger partial charge is 0.437 e. The molecule has 150 valence electrons. The molecule has 0 spiro atoms. The van der Waals surface area contributed by atoms with Gasteiger partial charge in [-0.05, 0) is 29.5 Å². The molecule has 31 heavy (non-hydrogen) atoms. The number of nitrogens with zero attached hydrogens (tertiary/aromatic N) is 2. The Balaban J connectivity index is 1.55. The van der Waals surface area contributed by atoms with Gasteiger partial charge in [-0.15, -0.1) is 0 Å². The summed E-state index contributed by atoms with van der Waals surface area (Å²) in [4.78, 5) is 9.36. The molecular formula is C26H24B2N2O. The molecular weight excluding hydrogens is 378 g/mol. The first kappa shape index (κ1) is 18.7. The highest BCUT2D eigenvalue weighted by Gasteiger charge is 2.33. The molecule has 5 aromatic rings. The van der Waals surface area contributed by atoms with Gasteiger partial charge in [0, 0.05) is 28.7 Å². The van der Waals surface area contributed by atoms with E-state index in [1.165, 1.54) is 36.6 Å². The quantitative estimate of drug-likeness (QED) is 0.407. The summed E-state index contributed by atoms with van der Waals surface area (Å²) < 4.78 is 6.32. The van der Waals surface area contributed by atoms with Gasteiger partial charge < -0.3 is 4.42 Å². The van der Waals surface area contributed by atoms with Gasteiger partial charge in [-0.25, -0.2) is 4.98 Å². The summed E-state index contributed by atoms with van der Waals surface area (Å²) >= 11 is 0. The zero-order valence-electron chi connectivity index (χ0n) is 18.1. The van der Waals surface area contributed by atoms with Crippen LogP contribution in [-0.4, -0.2) is 25.7 Å². The smallest absolute Gasteiger partial charge is 0.227 e. The third kappa shape index (κ3) is 2.90. The lowest BCUT2D eigenvalue weighted by Crippen LogP contribution is -2.35. The topological polar surface area (TPSA) is 38.9 Å². The van der Waals surface area contributed by atoms with Crippen LogP contribution in [-0.2, 0) is 5.21 Å². The van der Waals surface area contributed by atoms with Crippen molar-refractivity contribution in [3.63, 3.8) is 0 Å². The van der Waals surface area contributed by atoms with Crippen LogP contribution in [0.1, 0.15) is 31.2 Å². The fourth-order valence-corrected chi connectivity index (χ4v) is 5.49. The van der Waals surface area contributed by atoms with Crippen LogP contribution in [0.5, 0.6) is 0 Å². The molecule has 0 bridgehead atoms. The van der Waals surface area contributed by atoms with Gasteiger partial charge in [0.1, 0.15) is 21.3 Å². The van der Waals surface area contributed by atoms with E-state index in [1.807, 2.05) is 18.5 Å². The molecule has 1 saturated carbocycles. The van der Waals surface area contributed by atoms with Crippen LogP contribution < -0.4 is 0 Å². The van der Waals surface area contributed by atoms with Crippen LogP contribution in [0.4, 0.5) is 0 Å². The number of rotatable bonds is 3. The second-order valence-electron chi connectivity index (χ2n) is 9.44. The van der Waals surface area contributed by atoms with E-state index in [2.05, 4.69) is 69.2 Å². The van der Waals surface area contributed by atoms with Crippen LogP contribution in [0.2, 0.25) is 0 Å². The average molecular weight is 402 g/mol. The lowest BCUT2D eigenvalue weighted by Gasteiger charge is -2.32. The Morgan fingerprint density at radius 1 is 0.903 bits per heavy atom. The third-order valence-corrected chi connectivity index (χ3v) is 7.40. The minimum absolute atomic E-state index is 0.147. The third-order valence-electron chi connectivity index (χ3n) is 7.40. The second-order valence-corrected chi connectivity index (χ2v) is 9.44. The summed E-state index contributed by atoms with van der Waals surface area (Å²) in [6.07, 6.45) is 9.20. The summed E-state index contributed by atoms with van der Waals surface area (Å²) in [6.45, 7) is 0. The van der Waals surface area contributed by atoms with Gasteiger partial charge in [-0.2, -0.15) is 0 Å². The monoisotopic (exact) mass is 402 g/mol. The van der Waals surface area contributed by atoms with Crippen molar-refractivity contribution >= 4 is 48.5 Å². The molecule has 1 aliphatic carbocycles. The first-order chi connectivity index (χ1) is 15.1. The van der Waals surface area contributed by atoms with E-state index in [0.29, 0.717) is 5.71 Å². The average Bonchev–Trinajstić information content (AvgIpc) is 3.47. The predicted octanol–water partition coefficient (Wildman–Crippen LogP) is 4.81. The van der Waals surface area contributed by atoms with Crippen molar-refractivity contribution in [3.05, 3.63) is 72.6 Å². The van der Waals surface area contributed by atoms with E-state index < -0.39 is 0 Å². The number of pyridine rings is 2. The maximum absolute atomic E-state index is 6.32. The molecule has 0 N–H and O–H groups in total. The molecule has 0 amide bonds. The molecule has 1 fully saturated rings. The number of para-hydroxylation sites is 1. The Bertz CT molecular complexity index is 1430. The van der Waals surface area contributed by atoms with Crippen molar-refractivity contribution in [2.45, 2.75) is 30.9 Å². The molecule has 2 aromatic carbocycles. The van der Waals surface area contributed by atoms with Crippen molar-refractivity contribution in [2.24, 2.45) is 5.92 Å². The summed E-state index contributed by atoms with van der Waals surface area (Å²) in [5.41, 5.74) is 4.91. The molecule has 1 aliphatic rings. The molecule has 0 unspecified atom stereocenters. The highest BCUT2D eigenvalue weighted by atomic mass is 16.3. The van der Waals surface area contributed by atoms with Crippen molar-refractivity contribution in [2.75, 3.05) is 0 Å². The normalized spacial score (nSPS) is 15.4. The fourth-order valence-electron chi connectivity index (χ4n) is 5.49. The first-order valence-corrected chi connectivity index (χ1v) is 11.3. The number of hydrogen-bond donors (Lipinski definition) is 0. The second kappa shape index (κ2) is 6.98. The molecule has 0 saturated heterocycles. The highest BCUT2D eigenvalue weighted by Crippen LogP contribution is 2.41. The SMILES string of the molecule is BC(B)(c1ccnc(-c2cccc3c2oc2ncc4ccccc4c23)c1)C1CCCC1. The molecule has 3 aromatic heterocycles. The fraction of sp³-hybridized carbons (Fsp3) is 0.231. The summed E-state index contributed by atoms with van der Waals surface area (Å²) in [6, 6.07) is 19.2. The Hall–Kier alpha value is -3.07. The van der Waals surface area contributed by atoms with Gasteiger partial charge in [0.15, 0.2) is 0 Å². The van der Waals surface area contributed by atoms with E-state index in [1.54, 1.807) is 0 Å². The molecule has 0 radical (unpaired) electrons. The first-order valence-electron chi connectivity index (χ1n) is 11.3. The van der Waals surface area contributed by atoms with Gasteiger partial charge in [0.2, 0.25) is 5.71 Å². The molecule has 3 nitrogen and oxygen atoms in total. The summed E-state index contributed by atoms with van der Waals surface area (Å²) in [7, 11) is 4.78. The highest BCUT2D eigenvalue weighted by molar-refractivity contribution is 6.40. The molecule has 0 aliphatic heterocycles. The van der Waals surface area contributed by atoms with Gasteiger partial charge in [0.05, 0.1) is 11.1 Å². The Morgan fingerprint density at radius 3 is 2.58 bits per heavy atom. The van der Waals surface area contributed by atoms with Crippen molar-refractivity contribution in [1.29, 1.82) is 0 Å². The standard InChI is InChI=1S/C26H24B2N2O/c27-26(28,17-7-2-3-8-17)18-12-13-29-22(14-18)20-10-5-11-21-23-19-9-4-1-6-16(19)15-30-25(23)31-24(20)21/h1,4-6,9-15,17H,2-3,7-8,27-28H2. The molecule has 6 rings (SSSR count). The van der Waals surface area contributed by atoms with Crippen LogP contribution in [0.15, 0.2) is 71.4 Å². The Morgan fingerprint density at radius 2 is 1.71 bits per heavy atom. The minimum atomic E-state index is 0.147. The molecule has 3 heterocycles. The van der Waals surface area contributed by atoms with E-state index >= 15 is 0 Å². The van der Waals surface area contributed by atoms with Gasteiger partial charge in [-0.3, -0.25) is 4.98 Å². The van der Waals surface area contributed by atoms with Crippen molar-refractivity contribution < 1.29 is 4.42 Å².